The van der Waals surface area contributed by atoms with E-state index in [0.29, 0.717) is 13.0 Å². The number of halogens is 4. The number of carboxylic acids is 1. The molecular weight excluding hydrogens is 373 g/mol. The van der Waals surface area contributed by atoms with Crippen LogP contribution in [0.5, 0.6) is 0 Å². The monoisotopic (exact) mass is 394 g/mol. The van der Waals surface area contributed by atoms with Crippen LogP contribution >= 0.6 is 12.4 Å². The number of likely N-dealkylation sites (tertiary alicyclic amines) is 1. The summed E-state index contributed by atoms with van der Waals surface area (Å²) in [4.78, 5) is 24.2. The summed E-state index contributed by atoms with van der Waals surface area (Å²) in [7, 11) is 0. The highest BCUT2D eigenvalue weighted by Gasteiger charge is 2.52. The first kappa shape index (κ1) is 22.2. The molecule has 2 rings (SSSR count). The van der Waals surface area contributed by atoms with Crippen LogP contribution in [0.1, 0.15) is 11.1 Å². The molecule has 0 bridgehead atoms. The molecule has 1 aromatic rings. The molecule has 0 saturated carbocycles. The number of aliphatic carboxylic acids is 1. The van der Waals surface area contributed by atoms with E-state index in [1.807, 2.05) is 31.2 Å². The first-order valence-electron chi connectivity index (χ1n) is 8.01. The fraction of sp³-hybridized carbons (Fsp3) is 0.529. The predicted octanol–water partition coefficient (Wildman–Crippen LogP) is 2.27. The zero-order chi connectivity index (χ0) is 18.6. The number of carboxylic acid groups (broad SMARTS) is 1. The Kier molecular flexibility index (Phi) is 7.89. The average molecular weight is 395 g/mol. The first-order chi connectivity index (χ1) is 11.7. The van der Waals surface area contributed by atoms with Gasteiger partial charge >= 0.3 is 12.1 Å². The minimum atomic E-state index is -4.58. The van der Waals surface area contributed by atoms with E-state index in [4.69, 9.17) is 5.11 Å². The third kappa shape index (κ3) is 5.88. The van der Waals surface area contributed by atoms with Crippen molar-refractivity contribution in [1.29, 1.82) is 0 Å². The van der Waals surface area contributed by atoms with E-state index in [0.717, 1.165) is 11.1 Å². The Balaban J connectivity index is 0.00000338. The molecule has 2 N–H and O–H groups in total. The van der Waals surface area contributed by atoms with Gasteiger partial charge in [-0.3, -0.25) is 14.5 Å². The number of carbonyl (C=O) groups excluding carboxylic acids is 1. The number of nitrogens with one attached hydrogen (secondary N) is 1. The van der Waals surface area contributed by atoms with Crippen LogP contribution in [-0.4, -0.2) is 54.2 Å². The summed E-state index contributed by atoms with van der Waals surface area (Å²) in [5.41, 5.74) is 2.20. The topological polar surface area (TPSA) is 69.6 Å². The standard InChI is InChI=1S/C17H21F3N2O3.ClH/c1-11-4-2-3-5-12(11)6-7-21-15(23)10-22-8-13(16(24)25)14(9-22)17(18,19)20;/h2-5,13-14H,6-10H2,1H3,(H,21,23)(H,24,25);1H/t13-,14-;/m1./s1. The van der Waals surface area contributed by atoms with E-state index in [9.17, 15) is 22.8 Å². The van der Waals surface area contributed by atoms with Crippen molar-refractivity contribution in [2.75, 3.05) is 26.2 Å². The first-order valence-corrected chi connectivity index (χ1v) is 8.01. The second kappa shape index (κ2) is 9.23. The number of hydrogen-bond donors (Lipinski definition) is 2. The second-order valence-corrected chi connectivity index (χ2v) is 6.31. The Morgan fingerprint density at radius 3 is 2.46 bits per heavy atom. The summed E-state index contributed by atoms with van der Waals surface area (Å²) in [6, 6.07) is 7.73. The van der Waals surface area contributed by atoms with Crippen molar-refractivity contribution < 1.29 is 27.9 Å². The maximum atomic E-state index is 12.9. The third-order valence-corrected chi connectivity index (χ3v) is 4.48. The molecule has 0 spiro atoms. The van der Waals surface area contributed by atoms with Crippen LogP contribution in [0, 0.1) is 18.8 Å². The molecule has 1 amide bonds. The van der Waals surface area contributed by atoms with Gasteiger partial charge in [0.2, 0.25) is 5.91 Å². The number of aryl methyl sites for hydroxylation is 1. The average Bonchev–Trinajstić information content (AvgIpc) is 2.93. The van der Waals surface area contributed by atoms with Gasteiger partial charge in [0, 0.05) is 19.6 Å². The quantitative estimate of drug-likeness (QED) is 0.776. The molecule has 2 atom stereocenters. The van der Waals surface area contributed by atoms with Crippen molar-refractivity contribution in [2.24, 2.45) is 11.8 Å². The zero-order valence-electron chi connectivity index (χ0n) is 14.3. The molecule has 0 aromatic heterocycles. The lowest BCUT2D eigenvalue weighted by Crippen LogP contribution is -2.37. The molecule has 0 unspecified atom stereocenters. The summed E-state index contributed by atoms with van der Waals surface area (Å²) in [5, 5.41) is 11.6. The number of hydrogen-bond acceptors (Lipinski definition) is 3. The fourth-order valence-electron chi connectivity index (χ4n) is 3.08. The van der Waals surface area contributed by atoms with Gasteiger partial charge in [0.15, 0.2) is 0 Å². The van der Waals surface area contributed by atoms with Crippen molar-refractivity contribution in [1.82, 2.24) is 10.2 Å². The minimum Gasteiger partial charge on any atom is -0.481 e. The van der Waals surface area contributed by atoms with Crippen molar-refractivity contribution in [2.45, 2.75) is 19.5 Å². The molecular formula is C17H22ClF3N2O3. The van der Waals surface area contributed by atoms with E-state index < -0.39 is 36.4 Å². The molecule has 0 aliphatic carbocycles. The van der Waals surface area contributed by atoms with E-state index in [1.165, 1.54) is 4.90 Å². The SMILES string of the molecule is Cc1ccccc1CCNC(=O)CN1C[C@@H](C(F)(F)F)[C@H](C(=O)O)C1.Cl. The van der Waals surface area contributed by atoms with Crippen molar-refractivity contribution in [3.05, 3.63) is 35.4 Å². The number of benzene rings is 1. The largest absolute Gasteiger partial charge is 0.481 e. The number of amides is 1. The van der Waals surface area contributed by atoms with Crippen LogP contribution in [0.25, 0.3) is 0 Å². The van der Waals surface area contributed by atoms with E-state index >= 15 is 0 Å². The fourth-order valence-corrected chi connectivity index (χ4v) is 3.08. The molecule has 5 nitrogen and oxygen atoms in total. The Hall–Kier alpha value is -1.80. The van der Waals surface area contributed by atoms with Crippen LogP contribution in [0.3, 0.4) is 0 Å². The molecule has 9 heteroatoms. The minimum absolute atomic E-state index is 0. The number of carbonyl (C=O) groups is 2. The Morgan fingerprint density at radius 1 is 1.27 bits per heavy atom. The zero-order valence-corrected chi connectivity index (χ0v) is 15.1. The van der Waals surface area contributed by atoms with Crippen LogP contribution in [0.4, 0.5) is 13.2 Å². The van der Waals surface area contributed by atoms with Gasteiger partial charge in [0.1, 0.15) is 0 Å². The summed E-state index contributed by atoms with van der Waals surface area (Å²) in [6.07, 6.45) is -3.96. The molecule has 146 valence electrons. The third-order valence-electron chi connectivity index (χ3n) is 4.48. The van der Waals surface area contributed by atoms with Gasteiger partial charge in [-0.25, -0.2) is 0 Å². The van der Waals surface area contributed by atoms with Crippen molar-refractivity contribution in [3.63, 3.8) is 0 Å². The molecule has 26 heavy (non-hydrogen) atoms. The Morgan fingerprint density at radius 2 is 1.92 bits per heavy atom. The maximum Gasteiger partial charge on any atom is 0.393 e. The van der Waals surface area contributed by atoms with E-state index in [1.54, 1.807) is 0 Å². The molecule has 0 radical (unpaired) electrons. The van der Waals surface area contributed by atoms with Gasteiger partial charge in [-0.05, 0) is 24.5 Å². The number of nitrogens with zero attached hydrogens (tertiary/aromatic N) is 1. The van der Waals surface area contributed by atoms with E-state index in [-0.39, 0.29) is 25.5 Å². The summed E-state index contributed by atoms with van der Waals surface area (Å²) in [6.45, 7) is 1.37. The smallest absolute Gasteiger partial charge is 0.393 e. The lowest BCUT2D eigenvalue weighted by Gasteiger charge is -2.18. The van der Waals surface area contributed by atoms with Gasteiger partial charge in [0.25, 0.3) is 0 Å². The highest BCUT2D eigenvalue weighted by atomic mass is 35.5. The molecule has 1 saturated heterocycles. The van der Waals surface area contributed by atoms with Gasteiger partial charge in [-0.15, -0.1) is 12.4 Å². The van der Waals surface area contributed by atoms with Gasteiger partial charge < -0.3 is 10.4 Å². The summed E-state index contributed by atoms with van der Waals surface area (Å²) < 4.78 is 38.8. The highest BCUT2D eigenvalue weighted by Crippen LogP contribution is 2.37. The van der Waals surface area contributed by atoms with Gasteiger partial charge in [0.05, 0.1) is 18.4 Å². The van der Waals surface area contributed by atoms with Crippen LogP contribution in [0.2, 0.25) is 0 Å². The van der Waals surface area contributed by atoms with Gasteiger partial charge in [-0.1, -0.05) is 24.3 Å². The molecule has 1 fully saturated rings. The second-order valence-electron chi connectivity index (χ2n) is 6.31. The van der Waals surface area contributed by atoms with Crippen molar-refractivity contribution >= 4 is 24.3 Å². The number of rotatable bonds is 6. The van der Waals surface area contributed by atoms with E-state index in [2.05, 4.69) is 5.32 Å². The van der Waals surface area contributed by atoms with Crippen LogP contribution in [0.15, 0.2) is 24.3 Å². The Bertz CT molecular complexity index is 640. The van der Waals surface area contributed by atoms with Crippen LogP contribution in [-0.2, 0) is 16.0 Å². The summed E-state index contributed by atoms with van der Waals surface area (Å²) in [5.74, 6) is -5.35. The van der Waals surface area contributed by atoms with Gasteiger partial charge in [-0.2, -0.15) is 13.2 Å². The summed E-state index contributed by atoms with van der Waals surface area (Å²) >= 11 is 0. The molecule has 1 heterocycles. The molecule has 1 aromatic carbocycles. The lowest BCUT2D eigenvalue weighted by molar-refractivity contribution is -0.188. The molecule has 1 aliphatic rings. The maximum absolute atomic E-state index is 12.9. The highest BCUT2D eigenvalue weighted by molar-refractivity contribution is 5.85. The lowest BCUT2D eigenvalue weighted by atomic mass is 9.96. The molecule has 1 aliphatic heterocycles. The normalized spacial score (nSPS) is 20.5. The van der Waals surface area contributed by atoms with Crippen LogP contribution < -0.4 is 5.32 Å². The Labute approximate surface area is 156 Å². The van der Waals surface area contributed by atoms with Crippen molar-refractivity contribution in [3.8, 4) is 0 Å². The predicted molar refractivity (Wildman–Crippen MR) is 92.3 cm³/mol. The number of alkyl halides is 3.